The van der Waals surface area contributed by atoms with Crippen molar-refractivity contribution in [1.82, 2.24) is 9.88 Å². The molecule has 9 heteroatoms. The zero-order valence-corrected chi connectivity index (χ0v) is 21.3. The van der Waals surface area contributed by atoms with E-state index in [0.717, 1.165) is 26.8 Å². The summed E-state index contributed by atoms with van der Waals surface area (Å²) in [6, 6.07) is 19.5. The highest BCUT2D eigenvalue weighted by atomic mass is 35.5. The number of alkyl halides is 2. The number of ketones is 1. The zero-order valence-electron chi connectivity index (χ0n) is 19.5. The molecule has 0 bridgehead atoms. The van der Waals surface area contributed by atoms with Gasteiger partial charge in [0.05, 0.1) is 18.1 Å². The van der Waals surface area contributed by atoms with Gasteiger partial charge in [0.15, 0.2) is 5.78 Å². The number of halogens is 3. The Balaban J connectivity index is 0.00000320. The van der Waals surface area contributed by atoms with Crippen LogP contribution in [-0.2, 0) is 4.79 Å². The lowest BCUT2D eigenvalue weighted by Crippen LogP contribution is -2.36. The Labute approximate surface area is 224 Å². The van der Waals surface area contributed by atoms with Gasteiger partial charge in [0.2, 0.25) is 5.91 Å². The second-order valence-corrected chi connectivity index (χ2v) is 9.38. The maximum Gasteiger partial charge on any atom is 0.268 e. The molecule has 5 nitrogen and oxygen atoms in total. The molecule has 0 spiro atoms. The average molecular weight is 538 g/mol. The molecule has 1 fully saturated rings. The van der Waals surface area contributed by atoms with Crippen molar-refractivity contribution in [3.63, 3.8) is 0 Å². The number of amides is 1. The number of nitriles is 1. The first-order chi connectivity index (χ1) is 17.2. The molecule has 188 valence electrons. The van der Waals surface area contributed by atoms with Crippen LogP contribution in [0.2, 0.25) is 5.02 Å². The predicted molar refractivity (Wildman–Crippen MR) is 144 cm³/mol. The molecule has 5 rings (SSSR count). The quantitative estimate of drug-likeness (QED) is 0.271. The van der Waals surface area contributed by atoms with E-state index in [-0.39, 0.29) is 32.1 Å². The van der Waals surface area contributed by atoms with Gasteiger partial charge in [-0.05, 0) is 58.3 Å². The number of rotatable bonds is 5. The minimum Gasteiger partial charge on any atom is -0.320 e. The third-order valence-corrected chi connectivity index (χ3v) is 6.72. The summed E-state index contributed by atoms with van der Waals surface area (Å²) in [5.41, 5.74) is 2.90. The van der Waals surface area contributed by atoms with Crippen molar-refractivity contribution in [3.8, 4) is 17.2 Å². The van der Waals surface area contributed by atoms with Crippen molar-refractivity contribution in [2.75, 3.05) is 6.54 Å². The fraction of sp³-hybridized carbons (Fsp3) is 0.214. The predicted octanol–water partition coefficient (Wildman–Crippen LogP) is 6.54. The first-order valence-electron chi connectivity index (χ1n) is 11.4. The van der Waals surface area contributed by atoms with Gasteiger partial charge in [-0.2, -0.15) is 18.8 Å². The van der Waals surface area contributed by atoms with E-state index in [1.54, 1.807) is 12.1 Å². The van der Waals surface area contributed by atoms with Crippen LogP contribution in [0.25, 0.3) is 32.8 Å². The summed E-state index contributed by atoms with van der Waals surface area (Å²) < 4.78 is 27.4. The molecule has 1 aliphatic rings. The number of nitrogens with zero attached hydrogens (tertiary/aromatic N) is 3. The molecule has 3 aromatic carbocycles. The number of hydrogen-bond donors (Lipinski definition) is 0. The lowest BCUT2D eigenvalue weighted by Gasteiger charge is -2.18. The Bertz CT molecular complexity index is 1570. The topological polar surface area (TPSA) is 74.1 Å². The van der Waals surface area contributed by atoms with E-state index in [2.05, 4.69) is 4.98 Å². The van der Waals surface area contributed by atoms with E-state index >= 15 is 0 Å². The summed E-state index contributed by atoms with van der Waals surface area (Å²) in [5.74, 6) is -4.00. The van der Waals surface area contributed by atoms with Crippen LogP contribution in [0.15, 0.2) is 66.9 Å². The maximum absolute atomic E-state index is 13.7. The molecule has 0 N–H and O–H groups in total. The monoisotopic (exact) mass is 537 g/mol. The molecule has 0 saturated carbocycles. The first kappa shape index (κ1) is 26.5. The van der Waals surface area contributed by atoms with Crippen molar-refractivity contribution < 1.29 is 18.4 Å². The number of likely N-dealkylation sites (tertiary alicyclic amines) is 1. The molecule has 37 heavy (non-hydrogen) atoms. The van der Waals surface area contributed by atoms with Gasteiger partial charge in [0.1, 0.15) is 6.04 Å². The van der Waals surface area contributed by atoms with Gasteiger partial charge in [0.25, 0.3) is 5.92 Å². The van der Waals surface area contributed by atoms with Crippen molar-refractivity contribution in [3.05, 3.63) is 77.4 Å². The number of pyridine rings is 1. The normalized spacial score (nSPS) is 16.4. The Hall–Kier alpha value is -3.54. The lowest BCUT2D eigenvalue weighted by molar-refractivity contribution is -0.132. The molecule has 1 amide bonds. The number of carbonyl (C=O) groups is 2. The van der Waals surface area contributed by atoms with E-state index in [1.807, 2.05) is 54.6 Å². The second kappa shape index (κ2) is 10.4. The molecule has 0 aliphatic carbocycles. The zero-order chi connectivity index (χ0) is 25.4. The smallest absolute Gasteiger partial charge is 0.268 e. The Kier molecular flexibility index (Phi) is 7.49. The highest BCUT2D eigenvalue weighted by Crippen LogP contribution is 2.33. The summed E-state index contributed by atoms with van der Waals surface area (Å²) in [6.45, 7) is -0.794. The number of hydrogen-bond acceptors (Lipinski definition) is 4. The molecule has 1 atom stereocenters. The maximum atomic E-state index is 13.7. The SMILES string of the molecule is N#C[C@@H]1CC(F)(F)CN1C(=O)CCC(=O)c1ccnc2ccc(-c3ccc4cc(Cl)ccc4c3)cc12.S. The highest BCUT2D eigenvalue weighted by molar-refractivity contribution is 7.59. The van der Waals surface area contributed by atoms with Gasteiger partial charge in [-0.3, -0.25) is 14.6 Å². The van der Waals surface area contributed by atoms with Crippen molar-refractivity contribution >= 4 is 58.5 Å². The minimum atomic E-state index is -3.09. The number of carbonyl (C=O) groups excluding carboxylic acids is 2. The average Bonchev–Trinajstić information content (AvgIpc) is 3.20. The van der Waals surface area contributed by atoms with E-state index in [9.17, 15) is 18.4 Å². The van der Waals surface area contributed by atoms with Gasteiger partial charge < -0.3 is 4.90 Å². The minimum absolute atomic E-state index is 0. The van der Waals surface area contributed by atoms with Gasteiger partial charge in [-0.1, -0.05) is 35.9 Å². The third-order valence-electron chi connectivity index (χ3n) is 6.48. The van der Waals surface area contributed by atoms with Gasteiger partial charge >= 0.3 is 0 Å². The van der Waals surface area contributed by atoms with Crippen LogP contribution in [0.3, 0.4) is 0 Å². The van der Waals surface area contributed by atoms with E-state index in [1.165, 1.54) is 6.20 Å². The van der Waals surface area contributed by atoms with Crippen LogP contribution in [0.4, 0.5) is 8.78 Å². The molecule has 4 aromatic rings. The fourth-order valence-corrected chi connectivity index (χ4v) is 4.84. The summed E-state index contributed by atoms with van der Waals surface area (Å²) in [6.07, 6.45) is 0.454. The Morgan fingerprint density at radius 1 is 1.03 bits per heavy atom. The van der Waals surface area contributed by atoms with Crippen molar-refractivity contribution in [1.29, 1.82) is 5.26 Å². The molecule has 1 aromatic heterocycles. The highest BCUT2D eigenvalue weighted by Gasteiger charge is 2.47. The number of benzene rings is 3. The summed E-state index contributed by atoms with van der Waals surface area (Å²) in [5, 5.41) is 12.5. The number of Topliss-reactive ketones (excluding diaryl/α,β-unsaturated/α-hetero) is 1. The largest absolute Gasteiger partial charge is 0.320 e. The van der Waals surface area contributed by atoms with Crippen LogP contribution >= 0.6 is 25.1 Å². The summed E-state index contributed by atoms with van der Waals surface area (Å²) in [4.78, 5) is 30.9. The lowest BCUT2D eigenvalue weighted by atomic mass is 9.96. The molecule has 0 radical (unpaired) electrons. The third kappa shape index (κ3) is 5.43. The number of aromatic nitrogens is 1. The van der Waals surface area contributed by atoms with Crippen LogP contribution < -0.4 is 0 Å². The van der Waals surface area contributed by atoms with Gasteiger partial charge in [-0.15, -0.1) is 0 Å². The second-order valence-electron chi connectivity index (χ2n) is 8.95. The fourth-order valence-electron chi connectivity index (χ4n) is 4.66. The van der Waals surface area contributed by atoms with Crippen molar-refractivity contribution in [2.45, 2.75) is 31.2 Å². The van der Waals surface area contributed by atoms with E-state index in [0.29, 0.717) is 21.5 Å². The summed E-state index contributed by atoms with van der Waals surface area (Å²) >= 11 is 6.09. The Morgan fingerprint density at radius 3 is 2.51 bits per heavy atom. The van der Waals surface area contributed by atoms with E-state index in [4.69, 9.17) is 16.9 Å². The molecule has 1 saturated heterocycles. The van der Waals surface area contributed by atoms with Gasteiger partial charge in [0, 0.05) is 41.4 Å². The first-order valence-corrected chi connectivity index (χ1v) is 11.8. The van der Waals surface area contributed by atoms with Gasteiger partial charge in [-0.25, -0.2) is 8.78 Å². The molecule has 2 heterocycles. The summed E-state index contributed by atoms with van der Waals surface area (Å²) in [7, 11) is 0. The van der Waals surface area contributed by atoms with Crippen LogP contribution in [-0.4, -0.2) is 40.1 Å². The number of fused-ring (bicyclic) bond motifs is 2. The van der Waals surface area contributed by atoms with E-state index < -0.39 is 30.8 Å². The molecule has 1 aliphatic heterocycles. The standard InChI is InChI=1S/C28H20ClF2N3O2.H2S/c29-21-5-3-18-11-17(1-2-19(18)12-21)20-4-6-25-24(13-20)23(9-10-33-25)26(35)7-8-27(36)34-16-28(30,31)14-22(34)15-32;/h1-6,9-13,22H,7-8,14,16H2;1H2/t22-;/m0./s1. The van der Waals surface area contributed by atoms with Crippen LogP contribution in [0.5, 0.6) is 0 Å². The van der Waals surface area contributed by atoms with Crippen LogP contribution in [0.1, 0.15) is 29.6 Å². The Morgan fingerprint density at radius 2 is 1.73 bits per heavy atom. The van der Waals surface area contributed by atoms with Crippen LogP contribution in [0, 0.1) is 11.3 Å². The molecular weight excluding hydrogens is 516 g/mol. The molecule has 0 unspecified atom stereocenters. The van der Waals surface area contributed by atoms with Crippen molar-refractivity contribution in [2.24, 2.45) is 0 Å². The molecular formula is C28H22ClF2N3O2S.